The van der Waals surface area contributed by atoms with Crippen LogP contribution in [0.3, 0.4) is 0 Å². The Bertz CT molecular complexity index is 159. The molecule has 1 saturated heterocycles. The van der Waals surface area contributed by atoms with Crippen molar-refractivity contribution in [3.05, 3.63) is 0 Å². The van der Waals surface area contributed by atoms with Gasteiger partial charge in [0.15, 0.2) is 6.29 Å². The van der Waals surface area contributed by atoms with Gasteiger partial charge in [-0.15, -0.1) is 0 Å². The SMILES string of the molecule is COC(CN1CCC(C)C(C)C1)OC. The van der Waals surface area contributed by atoms with Crippen LogP contribution >= 0.6 is 0 Å². The van der Waals surface area contributed by atoms with Crippen LogP contribution in [0, 0.1) is 11.8 Å². The first-order valence-electron chi connectivity index (χ1n) is 5.45. The van der Waals surface area contributed by atoms with Crippen molar-refractivity contribution < 1.29 is 9.47 Å². The number of hydrogen-bond donors (Lipinski definition) is 0. The van der Waals surface area contributed by atoms with Crippen LogP contribution in [0.25, 0.3) is 0 Å². The van der Waals surface area contributed by atoms with Crippen molar-refractivity contribution in [2.24, 2.45) is 11.8 Å². The molecule has 0 aromatic heterocycles. The van der Waals surface area contributed by atoms with E-state index >= 15 is 0 Å². The first kappa shape index (κ1) is 12.0. The standard InChI is InChI=1S/C11H23NO2/c1-9-5-6-12(7-10(9)2)8-11(13-3)14-4/h9-11H,5-8H2,1-4H3. The van der Waals surface area contributed by atoms with E-state index in [0.717, 1.165) is 18.4 Å². The highest BCUT2D eigenvalue weighted by Gasteiger charge is 2.24. The van der Waals surface area contributed by atoms with Gasteiger partial charge < -0.3 is 9.47 Å². The van der Waals surface area contributed by atoms with E-state index in [1.807, 2.05) is 0 Å². The second-order valence-corrected chi connectivity index (χ2v) is 4.40. The molecule has 1 heterocycles. The Balaban J connectivity index is 2.32. The Hall–Kier alpha value is -0.120. The third-order valence-corrected chi connectivity index (χ3v) is 3.35. The number of likely N-dealkylation sites (tertiary alicyclic amines) is 1. The van der Waals surface area contributed by atoms with Crippen molar-refractivity contribution in [3.8, 4) is 0 Å². The number of nitrogens with zero attached hydrogens (tertiary/aromatic N) is 1. The zero-order valence-electron chi connectivity index (χ0n) is 9.82. The van der Waals surface area contributed by atoms with E-state index < -0.39 is 0 Å². The minimum absolute atomic E-state index is 0.0735. The van der Waals surface area contributed by atoms with E-state index in [2.05, 4.69) is 18.7 Å². The quantitative estimate of drug-likeness (QED) is 0.645. The highest BCUT2D eigenvalue weighted by atomic mass is 16.7. The number of piperidine rings is 1. The van der Waals surface area contributed by atoms with Crippen LogP contribution < -0.4 is 0 Å². The average molecular weight is 201 g/mol. The van der Waals surface area contributed by atoms with Gasteiger partial charge in [-0.3, -0.25) is 4.90 Å². The Morgan fingerprint density at radius 2 is 1.86 bits per heavy atom. The predicted octanol–water partition coefficient (Wildman–Crippen LogP) is 1.58. The summed E-state index contributed by atoms with van der Waals surface area (Å²) in [6.45, 7) is 7.90. The zero-order valence-corrected chi connectivity index (χ0v) is 9.82. The molecular weight excluding hydrogens is 178 g/mol. The average Bonchev–Trinajstić information content (AvgIpc) is 2.19. The lowest BCUT2D eigenvalue weighted by Gasteiger charge is -2.36. The van der Waals surface area contributed by atoms with Crippen LogP contribution in [0.5, 0.6) is 0 Å². The van der Waals surface area contributed by atoms with Crippen molar-refractivity contribution in [1.29, 1.82) is 0 Å². The van der Waals surface area contributed by atoms with E-state index in [0.29, 0.717) is 0 Å². The van der Waals surface area contributed by atoms with Gasteiger partial charge in [-0.1, -0.05) is 13.8 Å². The van der Waals surface area contributed by atoms with Gasteiger partial charge in [-0.05, 0) is 24.8 Å². The van der Waals surface area contributed by atoms with Crippen LogP contribution in [0.15, 0.2) is 0 Å². The molecule has 0 aliphatic carbocycles. The van der Waals surface area contributed by atoms with Crippen LogP contribution in [-0.2, 0) is 9.47 Å². The van der Waals surface area contributed by atoms with Gasteiger partial charge in [0.05, 0.1) is 0 Å². The third-order valence-electron chi connectivity index (χ3n) is 3.35. The fourth-order valence-electron chi connectivity index (χ4n) is 1.97. The van der Waals surface area contributed by atoms with E-state index in [9.17, 15) is 0 Å². The van der Waals surface area contributed by atoms with Gasteiger partial charge in [0, 0.05) is 27.3 Å². The van der Waals surface area contributed by atoms with Gasteiger partial charge in [0.1, 0.15) is 0 Å². The van der Waals surface area contributed by atoms with Gasteiger partial charge >= 0.3 is 0 Å². The molecule has 0 bridgehead atoms. The molecule has 2 atom stereocenters. The summed E-state index contributed by atoms with van der Waals surface area (Å²) in [5.41, 5.74) is 0. The van der Waals surface area contributed by atoms with Crippen molar-refractivity contribution in [2.45, 2.75) is 26.6 Å². The van der Waals surface area contributed by atoms with Crippen LogP contribution in [0.2, 0.25) is 0 Å². The molecule has 0 aromatic carbocycles. The number of ether oxygens (including phenoxy) is 2. The summed E-state index contributed by atoms with van der Waals surface area (Å²) in [5, 5.41) is 0. The monoisotopic (exact) mass is 201 g/mol. The maximum atomic E-state index is 5.20. The van der Waals surface area contributed by atoms with Gasteiger partial charge in [0.25, 0.3) is 0 Å². The van der Waals surface area contributed by atoms with E-state index in [4.69, 9.17) is 9.47 Å². The molecular formula is C11H23NO2. The molecule has 84 valence electrons. The topological polar surface area (TPSA) is 21.7 Å². The second-order valence-electron chi connectivity index (χ2n) is 4.40. The van der Waals surface area contributed by atoms with Gasteiger partial charge in [0.2, 0.25) is 0 Å². The summed E-state index contributed by atoms with van der Waals surface area (Å²) in [7, 11) is 3.40. The van der Waals surface area contributed by atoms with Crippen LogP contribution in [0.1, 0.15) is 20.3 Å². The molecule has 0 radical (unpaired) electrons. The molecule has 14 heavy (non-hydrogen) atoms. The van der Waals surface area contributed by atoms with E-state index in [1.165, 1.54) is 19.5 Å². The lowest BCUT2D eigenvalue weighted by molar-refractivity contribution is -0.120. The molecule has 0 spiro atoms. The zero-order chi connectivity index (χ0) is 10.6. The van der Waals surface area contributed by atoms with Crippen LogP contribution in [0.4, 0.5) is 0 Å². The maximum absolute atomic E-state index is 5.20. The fourth-order valence-corrected chi connectivity index (χ4v) is 1.97. The summed E-state index contributed by atoms with van der Waals surface area (Å²) in [5.74, 6) is 1.65. The fraction of sp³-hybridized carbons (Fsp3) is 1.00. The molecule has 1 fully saturated rings. The second kappa shape index (κ2) is 5.69. The van der Waals surface area contributed by atoms with E-state index in [-0.39, 0.29) is 6.29 Å². The highest BCUT2D eigenvalue weighted by Crippen LogP contribution is 2.22. The molecule has 0 saturated carbocycles. The third kappa shape index (κ3) is 3.23. The Morgan fingerprint density at radius 1 is 1.21 bits per heavy atom. The van der Waals surface area contributed by atoms with Crippen LogP contribution in [-0.4, -0.2) is 45.0 Å². The van der Waals surface area contributed by atoms with Crippen molar-refractivity contribution in [2.75, 3.05) is 33.9 Å². The van der Waals surface area contributed by atoms with E-state index in [1.54, 1.807) is 14.2 Å². The normalized spacial score (nSPS) is 29.8. The molecule has 3 heteroatoms. The molecule has 0 aromatic rings. The Morgan fingerprint density at radius 3 is 2.36 bits per heavy atom. The van der Waals surface area contributed by atoms with Gasteiger partial charge in [-0.2, -0.15) is 0 Å². The Kier molecular flexibility index (Phi) is 4.85. The summed E-state index contributed by atoms with van der Waals surface area (Å²) in [4.78, 5) is 2.43. The Labute approximate surface area is 87.4 Å². The summed E-state index contributed by atoms with van der Waals surface area (Å²) in [6.07, 6.45) is 1.22. The number of hydrogen-bond acceptors (Lipinski definition) is 3. The molecule has 1 aliphatic heterocycles. The number of methoxy groups -OCH3 is 2. The van der Waals surface area contributed by atoms with Crippen molar-refractivity contribution in [1.82, 2.24) is 4.90 Å². The lowest BCUT2D eigenvalue weighted by atomic mass is 9.89. The summed E-state index contributed by atoms with van der Waals surface area (Å²) >= 11 is 0. The minimum atomic E-state index is -0.0735. The molecule has 3 nitrogen and oxygen atoms in total. The predicted molar refractivity (Wildman–Crippen MR) is 57.2 cm³/mol. The molecule has 1 rings (SSSR count). The van der Waals surface area contributed by atoms with Crippen molar-refractivity contribution in [3.63, 3.8) is 0 Å². The lowest BCUT2D eigenvalue weighted by Crippen LogP contribution is -2.43. The molecule has 0 N–H and O–H groups in total. The molecule has 0 amide bonds. The number of rotatable bonds is 4. The first-order valence-corrected chi connectivity index (χ1v) is 5.45. The molecule has 1 aliphatic rings. The smallest absolute Gasteiger partial charge is 0.169 e. The summed E-state index contributed by atoms with van der Waals surface area (Å²) < 4.78 is 10.4. The largest absolute Gasteiger partial charge is 0.355 e. The van der Waals surface area contributed by atoms with Gasteiger partial charge in [-0.25, -0.2) is 0 Å². The summed E-state index contributed by atoms with van der Waals surface area (Å²) in [6, 6.07) is 0. The van der Waals surface area contributed by atoms with Crippen molar-refractivity contribution >= 4 is 0 Å². The highest BCUT2D eigenvalue weighted by molar-refractivity contribution is 4.75. The molecule has 2 unspecified atom stereocenters. The maximum Gasteiger partial charge on any atom is 0.169 e. The minimum Gasteiger partial charge on any atom is -0.355 e. The first-order chi connectivity index (χ1) is 6.67.